The largest absolute Gasteiger partial charge is 0.491 e. The molecule has 114 valence electrons. The second-order valence-corrected chi connectivity index (χ2v) is 7.61. The predicted octanol–water partition coefficient (Wildman–Crippen LogP) is 2.72. The van der Waals surface area contributed by atoms with Crippen molar-refractivity contribution in [1.29, 1.82) is 0 Å². The lowest BCUT2D eigenvalue weighted by Gasteiger charge is -2.14. The maximum Gasteiger partial charge on any atom is 0.150 e. The second kappa shape index (κ2) is 7.64. The molecule has 0 heterocycles. The highest BCUT2D eigenvalue weighted by molar-refractivity contribution is 7.91. The van der Waals surface area contributed by atoms with Gasteiger partial charge in [-0.05, 0) is 44.4 Å². The second-order valence-electron chi connectivity index (χ2n) is 5.13. The van der Waals surface area contributed by atoms with Crippen molar-refractivity contribution in [3.05, 3.63) is 29.8 Å². The molecule has 0 spiro atoms. The number of sulfone groups is 1. The summed E-state index contributed by atoms with van der Waals surface area (Å²) in [5, 5.41) is 10.1. The van der Waals surface area contributed by atoms with Crippen molar-refractivity contribution < 1.29 is 18.3 Å². The first kappa shape index (κ1) is 17.0. The molecule has 5 heteroatoms. The normalized spacial score (nSPS) is 13.4. The van der Waals surface area contributed by atoms with Gasteiger partial charge in [-0.3, -0.25) is 0 Å². The van der Waals surface area contributed by atoms with Crippen molar-refractivity contribution in [2.75, 3.05) is 11.5 Å². The van der Waals surface area contributed by atoms with Gasteiger partial charge in [-0.2, -0.15) is 0 Å². The lowest BCUT2D eigenvalue weighted by Crippen LogP contribution is -2.10. The molecule has 0 saturated heterocycles. The van der Waals surface area contributed by atoms with Crippen LogP contribution in [0.2, 0.25) is 0 Å². The third-order valence-electron chi connectivity index (χ3n) is 2.99. The Morgan fingerprint density at radius 2 is 2.00 bits per heavy atom. The van der Waals surface area contributed by atoms with E-state index in [0.29, 0.717) is 12.8 Å². The molecule has 0 amide bonds. The van der Waals surface area contributed by atoms with Crippen molar-refractivity contribution in [2.45, 2.75) is 45.8 Å². The third-order valence-corrected chi connectivity index (χ3v) is 4.78. The van der Waals surface area contributed by atoms with Crippen LogP contribution in [0.25, 0.3) is 0 Å². The zero-order valence-corrected chi connectivity index (χ0v) is 13.2. The molecule has 0 radical (unpaired) electrons. The summed E-state index contributed by atoms with van der Waals surface area (Å²) in [5.74, 6) is 1.00. The molecule has 0 aliphatic rings. The van der Waals surface area contributed by atoms with Gasteiger partial charge in [0.15, 0.2) is 0 Å². The van der Waals surface area contributed by atoms with E-state index in [1.165, 1.54) is 0 Å². The molecule has 1 unspecified atom stereocenters. The van der Waals surface area contributed by atoms with E-state index in [0.717, 1.165) is 11.3 Å². The molecular formula is C15H24O4S. The minimum Gasteiger partial charge on any atom is -0.491 e. The monoisotopic (exact) mass is 300 g/mol. The Kier molecular flexibility index (Phi) is 6.49. The van der Waals surface area contributed by atoms with Crippen LogP contribution in [-0.2, 0) is 9.84 Å². The predicted molar refractivity (Wildman–Crippen MR) is 80.7 cm³/mol. The molecule has 0 bridgehead atoms. The summed E-state index contributed by atoms with van der Waals surface area (Å²) in [7, 11) is -2.96. The van der Waals surface area contributed by atoms with E-state index < -0.39 is 15.9 Å². The van der Waals surface area contributed by atoms with Crippen molar-refractivity contribution in [1.82, 2.24) is 0 Å². The first-order valence-electron chi connectivity index (χ1n) is 6.99. The molecule has 0 aromatic heterocycles. The van der Waals surface area contributed by atoms with E-state index in [1.54, 1.807) is 13.0 Å². The Balaban J connectivity index is 2.57. The van der Waals surface area contributed by atoms with Crippen LogP contribution in [0, 0.1) is 0 Å². The quantitative estimate of drug-likeness (QED) is 0.802. The number of hydrogen-bond donors (Lipinski definition) is 1. The van der Waals surface area contributed by atoms with Gasteiger partial charge in [-0.25, -0.2) is 8.42 Å². The summed E-state index contributed by atoms with van der Waals surface area (Å²) in [6, 6.07) is 7.31. The van der Waals surface area contributed by atoms with Gasteiger partial charge in [-0.1, -0.05) is 19.1 Å². The van der Waals surface area contributed by atoms with Gasteiger partial charge in [0, 0.05) is 5.75 Å². The fourth-order valence-corrected chi connectivity index (χ4v) is 2.77. The number of aliphatic hydroxyl groups excluding tert-OH is 1. The number of rotatable bonds is 8. The molecule has 0 saturated carbocycles. The van der Waals surface area contributed by atoms with Crippen molar-refractivity contribution >= 4 is 9.84 Å². The number of aliphatic hydroxyl groups is 1. The summed E-state index contributed by atoms with van der Waals surface area (Å²) in [4.78, 5) is 0. The fraction of sp³-hybridized carbons (Fsp3) is 0.600. The summed E-state index contributed by atoms with van der Waals surface area (Å²) in [6.45, 7) is 5.52. The molecule has 1 atom stereocenters. The van der Waals surface area contributed by atoms with Crippen molar-refractivity contribution in [3.63, 3.8) is 0 Å². The average Bonchev–Trinajstić information content (AvgIpc) is 2.38. The maximum absolute atomic E-state index is 11.4. The van der Waals surface area contributed by atoms with Crippen LogP contribution in [0.3, 0.4) is 0 Å². The summed E-state index contributed by atoms with van der Waals surface area (Å²) >= 11 is 0. The van der Waals surface area contributed by atoms with Crippen LogP contribution >= 0.6 is 0 Å². The summed E-state index contributed by atoms with van der Waals surface area (Å²) in [5.41, 5.74) is 0.761. The zero-order chi connectivity index (χ0) is 15.2. The van der Waals surface area contributed by atoms with Gasteiger partial charge in [0.05, 0.1) is 18.0 Å². The van der Waals surface area contributed by atoms with E-state index in [-0.39, 0.29) is 17.6 Å². The van der Waals surface area contributed by atoms with Gasteiger partial charge in [-0.15, -0.1) is 0 Å². The fourth-order valence-electron chi connectivity index (χ4n) is 1.87. The Morgan fingerprint density at radius 3 is 2.60 bits per heavy atom. The Labute approximate surface area is 121 Å². The topological polar surface area (TPSA) is 63.6 Å². The van der Waals surface area contributed by atoms with Gasteiger partial charge < -0.3 is 9.84 Å². The average molecular weight is 300 g/mol. The number of ether oxygens (including phenoxy) is 1. The first-order chi connectivity index (χ1) is 9.34. The SMILES string of the molecule is CCS(=O)(=O)CCCC(O)c1cccc(OC(C)C)c1. The minimum atomic E-state index is -2.96. The Hall–Kier alpha value is -1.07. The molecule has 20 heavy (non-hydrogen) atoms. The molecule has 0 aliphatic carbocycles. The summed E-state index contributed by atoms with van der Waals surface area (Å²) in [6.07, 6.45) is 0.326. The lowest BCUT2D eigenvalue weighted by atomic mass is 10.1. The van der Waals surface area contributed by atoms with Gasteiger partial charge >= 0.3 is 0 Å². The van der Waals surface area contributed by atoms with E-state index in [4.69, 9.17) is 4.74 Å². The molecule has 1 N–H and O–H groups in total. The van der Waals surface area contributed by atoms with E-state index in [2.05, 4.69) is 0 Å². The molecule has 4 nitrogen and oxygen atoms in total. The Bertz CT molecular complexity index is 508. The van der Waals surface area contributed by atoms with Crippen LogP contribution in [0.15, 0.2) is 24.3 Å². The highest BCUT2D eigenvalue weighted by atomic mass is 32.2. The van der Waals surface area contributed by atoms with Crippen molar-refractivity contribution in [3.8, 4) is 5.75 Å². The minimum absolute atomic E-state index is 0.0806. The molecule has 1 aromatic carbocycles. The lowest BCUT2D eigenvalue weighted by molar-refractivity contribution is 0.165. The third kappa shape index (κ3) is 5.92. The van der Waals surface area contributed by atoms with Crippen LogP contribution in [0.1, 0.15) is 45.3 Å². The van der Waals surface area contributed by atoms with Gasteiger partial charge in [0.2, 0.25) is 0 Å². The highest BCUT2D eigenvalue weighted by Crippen LogP contribution is 2.23. The van der Waals surface area contributed by atoms with Gasteiger partial charge in [0.25, 0.3) is 0 Å². The zero-order valence-electron chi connectivity index (χ0n) is 12.4. The molecule has 0 fully saturated rings. The molecular weight excluding hydrogens is 276 g/mol. The van der Waals surface area contributed by atoms with Crippen molar-refractivity contribution in [2.24, 2.45) is 0 Å². The summed E-state index contributed by atoms with van der Waals surface area (Å²) < 4.78 is 28.4. The number of hydrogen-bond acceptors (Lipinski definition) is 4. The Morgan fingerprint density at radius 1 is 1.30 bits per heavy atom. The molecule has 1 aromatic rings. The molecule has 0 aliphatic heterocycles. The smallest absolute Gasteiger partial charge is 0.150 e. The van der Waals surface area contributed by atoms with Crippen LogP contribution < -0.4 is 4.74 Å². The van der Waals surface area contributed by atoms with Crippen LogP contribution in [0.5, 0.6) is 5.75 Å². The van der Waals surface area contributed by atoms with E-state index >= 15 is 0 Å². The van der Waals surface area contributed by atoms with E-state index in [1.807, 2.05) is 32.0 Å². The highest BCUT2D eigenvalue weighted by Gasteiger charge is 2.12. The van der Waals surface area contributed by atoms with E-state index in [9.17, 15) is 13.5 Å². The maximum atomic E-state index is 11.4. The molecule has 1 rings (SSSR count). The van der Waals surface area contributed by atoms with Crippen LogP contribution in [0.4, 0.5) is 0 Å². The first-order valence-corrected chi connectivity index (χ1v) is 8.81. The van der Waals surface area contributed by atoms with Gasteiger partial charge in [0.1, 0.15) is 15.6 Å². The van der Waals surface area contributed by atoms with Crippen LogP contribution in [-0.4, -0.2) is 31.1 Å². The standard InChI is InChI=1S/C15H24O4S/c1-4-20(17,18)10-6-9-15(16)13-7-5-8-14(11-13)19-12(2)3/h5,7-8,11-12,15-16H,4,6,9-10H2,1-3H3. The number of benzene rings is 1.